The number of hydrogen-bond donors (Lipinski definition) is 2. The minimum atomic E-state index is -0.181. The van der Waals surface area contributed by atoms with Crippen LogP contribution in [0.25, 0.3) is 0 Å². The zero-order chi connectivity index (χ0) is 11.8. The molecule has 0 spiro atoms. The summed E-state index contributed by atoms with van der Waals surface area (Å²) in [5.41, 5.74) is 8.22. The summed E-state index contributed by atoms with van der Waals surface area (Å²) in [6, 6.07) is 0.241. The van der Waals surface area contributed by atoms with E-state index < -0.39 is 0 Å². The van der Waals surface area contributed by atoms with E-state index in [9.17, 15) is 5.11 Å². The lowest BCUT2D eigenvalue weighted by Crippen LogP contribution is -2.29. The summed E-state index contributed by atoms with van der Waals surface area (Å²) in [7, 11) is 0. The average Bonchev–Trinajstić information content (AvgIpc) is 2.87. The smallest absolute Gasteiger partial charge is 0.140 e. The van der Waals surface area contributed by atoms with E-state index in [1.54, 1.807) is 0 Å². The highest BCUT2D eigenvalue weighted by molar-refractivity contribution is 5.27. The van der Waals surface area contributed by atoms with Crippen molar-refractivity contribution in [3.8, 4) is 0 Å². The van der Waals surface area contributed by atoms with Gasteiger partial charge in [0, 0.05) is 37.7 Å². The lowest BCUT2D eigenvalue weighted by Gasteiger charge is -2.18. The fourth-order valence-corrected chi connectivity index (χ4v) is 2.78. The van der Waals surface area contributed by atoms with Crippen molar-refractivity contribution in [2.24, 2.45) is 5.73 Å². The molecule has 0 saturated carbocycles. The number of aliphatic hydroxyl groups excluding tert-OH is 1. The standard InChI is InChI=1S/C12H19N3O2/c13-8-1-2-12-10(5-8)11(14-17-12)7-15-4-3-9(16)6-15/h8-9,16H,1-7,13H2/t8?,9-/m1/s1. The van der Waals surface area contributed by atoms with Crippen molar-refractivity contribution in [3.63, 3.8) is 0 Å². The number of rotatable bonds is 2. The second-order valence-electron chi connectivity index (χ2n) is 5.21. The first-order valence-electron chi connectivity index (χ1n) is 6.34. The molecule has 1 saturated heterocycles. The number of β-amino-alcohol motifs (C(OH)–C–C–N with tert-alkyl or cyclic N) is 1. The van der Waals surface area contributed by atoms with Gasteiger partial charge in [0.05, 0.1) is 6.10 Å². The summed E-state index contributed by atoms with van der Waals surface area (Å²) in [4.78, 5) is 2.23. The van der Waals surface area contributed by atoms with Crippen molar-refractivity contribution in [3.05, 3.63) is 17.0 Å². The number of aliphatic hydroxyl groups is 1. The van der Waals surface area contributed by atoms with E-state index in [0.717, 1.165) is 56.8 Å². The molecular formula is C12H19N3O2. The molecule has 3 N–H and O–H groups in total. The number of fused-ring (bicyclic) bond motifs is 1. The molecular weight excluding hydrogens is 218 g/mol. The number of hydrogen-bond acceptors (Lipinski definition) is 5. The molecule has 1 fully saturated rings. The van der Waals surface area contributed by atoms with E-state index in [-0.39, 0.29) is 12.1 Å². The van der Waals surface area contributed by atoms with Crippen molar-refractivity contribution in [2.45, 2.75) is 44.4 Å². The molecule has 3 rings (SSSR count). The SMILES string of the molecule is NC1CCc2onc(CN3CC[C@@H](O)C3)c2C1. The maximum atomic E-state index is 9.50. The van der Waals surface area contributed by atoms with Crippen LogP contribution in [0.15, 0.2) is 4.52 Å². The molecule has 1 unspecified atom stereocenters. The highest BCUT2D eigenvalue weighted by atomic mass is 16.5. The van der Waals surface area contributed by atoms with Gasteiger partial charge in [-0.15, -0.1) is 0 Å². The van der Waals surface area contributed by atoms with Crippen LogP contribution in [0.3, 0.4) is 0 Å². The van der Waals surface area contributed by atoms with E-state index in [4.69, 9.17) is 10.3 Å². The minimum Gasteiger partial charge on any atom is -0.392 e. The topological polar surface area (TPSA) is 75.5 Å². The largest absolute Gasteiger partial charge is 0.392 e. The highest BCUT2D eigenvalue weighted by Crippen LogP contribution is 2.25. The zero-order valence-electron chi connectivity index (χ0n) is 9.93. The lowest BCUT2D eigenvalue weighted by atomic mass is 9.92. The van der Waals surface area contributed by atoms with Crippen LogP contribution in [0.2, 0.25) is 0 Å². The van der Waals surface area contributed by atoms with Crippen LogP contribution in [0.4, 0.5) is 0 Å². The lowest BCUT2D eigenvalue weighted by molar-refractivity contribution is 0.173. The maximum Gasteiger partial charge on any atom is 0.140 e. The molecule has 94 valence electrons. The maximum absolute atomic E-state index is 9.50. The Bertz CT molecular complexity index is 404. The molecule has 2 atom stereocenters. The van der Waals surface area contributed by atoms with Gasteiger partial charge in [0.2, 0.25) is 0 Å². The van der Waals surface area contributed by atoms with Crippen LogP contribution in [0.5, 0.6) is 0 Å². The van der Waals surface area contributed by atoms with Gasteiger partial charge in [-0.3, -0.25) is 4.90 Å². The van der Waals surface area contributed by atoms with Crippen molar-refractivity contribution in [2.75, 3.05) is 13.1 Å². The van der Waals surface area contributed by atoms with E-state index in [2.05, 4.69) is 10.1 Å². The first-order chi connectivity index (χ1) is 8.22. The van der Waals surface area contributed by atoms with Crippen LogP contribution in [0, 0.1) is 0 Å². The van der Waals surface area contributed by atoms with Gasteiger partial charge in [-0.1, -0.05) is 5.16 Å². The van der Waals surface area contributed by atoms with E-state index in [1.807, 2.05) is 0 Å². The summed E-state index contributed by atoms with van der Waals surface area (Å²) in [5.74, 6) is 1.02. The molecule has 0 radical (unpaired) electrons. The second kappa shape index (κ2) is 4.40. The second-order valence-corrected chi connectivity index (χ2v) is 5.21. The number of aryl methyl sites for hydroxylation is 1. The summed E-state index contributed by atoms with van der Waals surface area (Å²) < 4.78 is 5.38. The van der Waals surface area contributed by atoms with Crippen molar-refractivity contribution in [1.29, 1.82) is 0 Å². The summed E-state index contributed by atoms with van der Waals surface area (Å²) in [6.45, 7) is 2.46. The molecule has 1 aliphatic heterocycles. The van der Waals surface area contributed by atoms with Crippen molar-refractivity contribution in [1.82, 2.24) is 10.1 Å². The Hall–Kier alpha value is -0.910. The Morgan fingerprint density at radius 1 is 1.47 bits per heavy atom. The molecule has 2 aliphatic rings. The average molecular weight is 237 g/mol. The van der Waals surface area contributed by atoms with Gasteiger partial charge >= 0.3 is 0 Å². The van der Waals surface area contributed by atoms with Gasteiger partial charge in [0.15, 0.2) is 0 Å². The Balaban J connectivity index is 1.73. The molecule has 0 bridgehead atoms. The van der Waals surface area contributed by atoms with Crippen LogP contribution in [0.1, 0.15) is 29.9 Å². The molecule has 2 heterocycles. The van der Waals surface area contributed by atoms with Crippen LogP contribution >= 0.6 is 0 Å². The third-order valence-corrected chi connectivity index (χ3v) is 3.78. The Morgan fingerprint density at radius 3 is 3.12 bits per heavy atom. The van der Waals surface area contributed by atoms with Gasteiger partial charge < -0.3 is 15.4 Å². The Kier molecular flexibility index (Phi) is 2.90. The van der Waals surface area contributed by atoms with Gasteiger partial charge in [0.25, 0.3) is 0 Å². The molecule has 5 nitrogen and oxygen atoms in total. The molecule has 1 aliphatic carbocycles. The van der Waals surface area contributed by atoms with Gasteiger partial charge in [-0.05, 0) is 19.3 Å². The first kappa shape index (κ1) is 11.2. The third kappa shape index (κ3) is 2.22. The molecule has 0 amide bonds. The van der Waals surface area contributed by atoms with Gasteiger partial charge in [-0.2, -0.15) is 0 Å². The van der Waals surface area contributed by atoms with E-state index >= 15 is 0 Å². The predicted octanol–water partition coefficient (Wildman–Crippen LogP) is 0.0572. The van der Waals surface area contributed by atoms with Gasteiger partial charge in [0.1, 0.15) is 11.5 Å². The van der Waals surface area contributed by atoms with Crippen LogP contribution in [-0.2, 0) is 19.4 Å². The summed E-state index contributed by atoms with van der Waals surface area (Å²) >= 11 is 0. The van der Waals surface area contributed by atoms with Crippen molar-refractivity contribution >= 4 is 0 Å². The molecule has 1 aromatic heterocycles. The van der Waals surface area contributed by atoms with Crippen LogP contribution < -0.4 is 5.73 Å². The van der Waals surface area contributed by atoms with Crippen LogP contribution in [-0.4, -0.2) is 40.4 Å². The number of likely N-dealkylation sites (tertiary alicyclic amines) is 1. The molecule has 17 heavy (non-hydrogen) atoms. The van der Waals surface area contributed by atoms with E-state index in [1.165, 1.54) is 5.56 Å². The Morgan fingerprint density at radius 2 is 2.35 bits per heavy atom. The predicted molar refractivity (Wildman–Crippen MR) is 62.4 cm³/mol. The van der Waals surface area contributed by atoms with Gasteiger partial charge in [-0.25, -0.2) is 0 Å². The Labute approximate surface area is 101 Å². The number of nitrogens with zero attached hydrogens (tertiary/aromatic N) is 2. The minimum absolute atomic E-state index is 0.181. The molecule has 1 aromatic rings. The first-order valence-corrected chi connectivity index (χ1v) is 6.34. The molecule has 5 heteroatoms. The van der Waals surface area contributed by atoms with E-state index in [0.29, 0.717) is 0 Å². The third-order valence-electron chi connectivity index (χ3n) is 3.78. The zero-order valence-corrected chi connectivity index (χ0v) is 9.93. The fourth-order valence-electron chi connectivity index (χ4n) is 2.78. The summed E-state index contributed by atoms with van der Waals surface area (Å²) in [5, 5.41) is 13.7. The highest BCUT2D eigenvalue weighted by Gasteiger charge is 2.27. The summed E-state index contributed by atoms with van der Waals surface area (Å²) in [6.07, 6.45) is 3.46. The monoisotopic (exact) mass is 237 g/mol. The normalized spacial score (nSPS) is 29.5. The fraction of sp³-hybridized carbons (Fsp3) is 0.750. The number of nitrogens with two attached hydrogens (primary N) is 1. The molecule has 0 aromatic carbocycles. The number of aromatic nitrogens is 1. The van der Waals surface area contributed by atoms with Crippen molar-refractivity contribution < 1.29 is 9.63 Å². The quantitative estimate of drug-likeness (QED) is 0.760.